The van der Waals surface area contributed by atoms with Crippen LogP contribution in [0.2, 0.25) is 0 Å². The molecule has 2 aliphatic heterocycles. The van der Waals surface area contributed by atoms with Crippen molar-refractivity contribution in [2.45, 2.75) is 25.9 Å². The Morgan fingerprint density at radius 3 is 3.21 bits per heavy atom. The van der Waals surface area contributed by atoms with Crippen molar-refractivity contribution >= 4 is 5.69 Å². The highest BCUT2D eigenvalue weighted by molar-refractivity contribution is 5.61. The molecule has 1 aromatic rings. The van der Waals surface area contributed by atoms with E-state index in [1.165, 1.54) is 5.56 Å². The highest BCUT2D eigenvalue weighted by Crippen LogP contribution is 2.32. The molecule has 3 rings (SSSR count). The zero-order valence-electron chi connectivity index (χ0n) is 11.5. The summed E-state index contributed by atoms with van der Waals surface area (Å²) < 4.78 is 11.4. The Kier molecular flexibility index (Phi) is 3.89. The number of fused-ring (bicyclic) bond motifs is 1. The van der Waals surface area contributed by atoms with Gasteiger partial charge in [0.05, 0.1) is 18.9 Å². The topological polar surface area (TPSA) is 33.7 Å². The van der Waals surface area contributed by atoms with Gasteiger partial charge < -0.3 is 14.8 Å². The number of para-hydroxylation sites is 1. The van der Waals surface area contributed by atoms with E-state index in [4.69, 9.17) is 9.47 Å². The van der Waals surface area contributed by atoms with Crippen LogP contribution in [-0.4, -0.2) is 43.9 Å². The van der Waals surface area contributed by atoms with Gasteiger partial charge in [0, 0.05) is 31.2 Å². The largest absolute Gasteiger partial charge is 0.489 e. The minimum Gasteiger partial charge on any atom is -0.489 e. The molecule has 4 nitrogen and oxygen atoms in total. The first-order chi connectivity index (χ1) is 9.38. The molecule has 0 bridgehead atoms. The van der Waals surface area contributed by atoms with Crippen molar-refractivity contribution in [3.8, 4) is 5.75 Å². The van der Waals surface area contributed by atoms with Gasteiger partial charge in [0.25, 0.3) is 0 Å². The molecule has 19 heavy (non-hydrogen) atoms. The van der Waals surface area contributed by atoms with E-state index in [0.29, 0.717) is 6.04 Å². The average Bonchev–Trinajstić information content (AvgIpc) is 2.48. The molecule has 0 amide bonds. The number of ether oxygens (including phenoxy) is 2. The van der Waals surface area contributed by atoms with Crippen molar-refractivity contribution in [3.05, 3.63) is 23.8 Å². The van der Waals surface area contributed by atoms with E-state index in [0.717, 1.165) is 57.3 Å². The lowest BCUT2D eigenvalue weighted by Gasteiger charge is -2.35. The van der Waals surface area contributed by atoms with Gasteiger partial charge in [-0.2, -0.15) is 0 Å². The molecule has 2 heterocycles. The predicted molar refractivity (Wildman–Crippen MR) is 75.7 cm³/mol. The molecule has 4 heteroatoms. The lowest BCUT2D eigenvalue weighted by Crippen LogP contribution is -2.44. The molecule has 0 aromatic heterocycles. The summed E-state index contributed by atoms with van der Waals surface area (Å²) in [5, 5.41) is 3.40. The standard InChI is InChI=1S/C15H22N2O2/c1-2-13-11-18-9-7-17(13)10-12-4-3-5-14-15(12)19-8-6-16-14/h3-5,13,16H,2,6-11H2,1H3. The average molecular weight is 262 g/mol. The van der Waals surface area contributed by atoms with Crippen molar-refractivity contribution in [2.24, 2.45) is 0 Å². The molecule has 1 saturated heterocycles. The Morgan fingerprint density at radius 1 is 1.37 bits per heavy atom. The molecule has 104 valence electrons. The van der Waals surface area contributed by atoms with Crippen LogP contribution >= 0.6 is 0 Å². The maximum Gasteiger partial charge on any atom is 0.146 e. The first-order valence-electron chi connectivity index (χ1n) is 7.19. The van der Waals surface area contributed by atoms with Gasteiger partial charge in [0.15, 0.2) is 0 Å². The Balaban J connectivity index is 1.78. The number of nitrogens with zero attached hydrogens (tertiary/aromatic N) is 1. The maximum absolute atomic E-state index is 5.84. The van der Waals surface area contributed by atoms with Crippen LogP contribution in [0.25, 0.3) is 0 Å². The summed E-state index contributed by atoms with van der Waals surface area (Å²) in [5.74, 6) is 1.04. The summed E-state index contributed by atoms with van der Waals surface area (Å²) in [4.78, 5) is 2.51. The van der Waals surface area contributed by atoms with Crippen molar-refractivity contribution in [2.75, 3.05) is 38.2 Å². The summed E-state index contributed by atoms with van der Waals surface area (Å²) in [6.07, 6.45) is 1.13. The van der Waals surface area contributed by atoms with Crippen LogP contribution in [-0.2, 0) is 11.3 Å². The molecule has 1 atom stereocenters. The van der Waals surface area contributed by atoms with Crippen molar-refractivity contribution < 1.29 is 9.47 Å². The summed E-state index contributed by atoms with van der Waals surface area (Å²) in [6.45, 7) is 7.53. The number of benzene rings is 1. The molecule has 0 aliphatic carbocycles. The fourth-order valence-corrected chi connectivity index (χ4v) is 2.85. The van der Waals surface area contributed by atoms with Crippen molar-refractivity contribution in [1.82, 2.24) is 4.90 Å². The normalized spacial score (nSPS) is 23.3. The van der Waals surface area contributed by atoms with E-state index in [9.17, 15) is 0 Å². The van der Waals surface area contributed by atoms with Gasteiger partial charge in [-0.05, 0) is 12.5 Å². The Morgan fingerprint density at radius 2 is 2.32 bits per heavy atom. The Hall–Kier alpha value is -1.26. The van der Waals surface area contributed by atoms with Crippen LogP contribution in [0.5, 0.6) is 5.75 Å². The number of anilines is 1. The van der Waals surface area contributed by atoms with E-state index in [-0.39, 0.29) is 0 Å². The second-order valence-corrected chi connectivity index (χ2v) is 5.18. The predicted octanol–water partition coefficient (Wildman–Crippen LogP) is 2.10. The minimum absolute atomic E-state index is 0.529. The number of hydrogen-bond donors (Lipinski definition) is 1. The third kappa shape index (κ3) is 2.69. The zero-order chi connectivity index (χ0) is 13.1. The van der Waals surface area contributed by atoms with Gasteiger partial charge >= 0.3 is 0 Å². The van der Waals surface area contributed by atoms with E-state index in [1.54, 1.807) is 0 Å². The first kappa shape index (κ1) is 12.8. The van der Waals surface area contributed by atoms with Gasteiger partial charge in [-0.15, -0.1) is 0 Å². The van der Waals surface area contributed by atoms with Crippen LogP contribution in [0.3, 0.4) is 0 Å². The van der Waals surface area contributed by atoms with Crippen LogP contribution in [0.1, 0.15) is 18.9 Å². The van der Waals surface area contributed by atoms with Crippen molar-refractivity contribution in [1.29, 1.82) is 0 Å². The fourth-order valence-electron chi connectivity index (χ4n) is 2.85. The summed E-state index contributed by atoms with van der Waals surface area (Å²) in [7, 11) is 0. The van der Waals surface area contributed by atoms with Gasteiger partial charge in [0.2, 0.25) is 0 Å². The molecule has 1 N–H and O–H groups in total. The van der Waals surface area contributed by atoms with Crippen molar-refractivity contribution in [3.63, 3.8) is 0 Å². The van der Waals surface area contributed by atoms with E-state index in [1.807, 2.05) is 0 Å². The third-order valence-corrected chi connectivity index (χ3v) is 3.95. The zero-order valence-corrected chi connectivity index (χ0v) is 11.5. The van der Waals surface area contributed by atoms with Crippen LogP contribution in [0, 0.1) is 0 Å². The quantitative estimate of drug-likeness (QED) is 0.904. The summed E-state index contributed by atoms with van der Waals surface area (Å²) in [5.41, 5.74) is 2.41. The van der Waals surface area contributed by atoms with Gasteiger partial charge in [-0.3, -0.25) is 4.90 Å². The summed E-state index contributed by atoms with van der Waals surface area (Å²) in [6, 6.07) is 6.90. The second-order valence-electron chi connectivity index (χ2n) is 5.18. The molecule has 0 saturated carbocycles. The van der Waals surface area contributed by atoms with Gasteiger partial charge in [-0.25, -0.2) is 0 Å². The summed E-state index contributed by atoms with van der Waals surface area (Å²) >= 11 is 0. The van der Waals surface area contributed by atoms with E-state index in [2.05, 4.69) is 35.3 Å². The smallest absolute Gasteiger partial charge is 0.146 e. The maximum atomic E-state index is 5.84. The third-order valence-electron chi connectivity index (χ3n) is 3.95. The highest BCUT2D eigenvalue weighted by atomic mass is 16.5. The lowest BCUT2D eigenvalue weighted by molar-refractivity contribution is -0.0130. The molecule has 1 unspecified atom stereocenters. The molecule has 0 radical (unpaired) electrons. The second kappa shape index (κ2) is 5.80. The van der Waals surface area contributed by atoms with Crippen LogP contribution < -0.4 is 10.1 Å². The lowest BCUT2D eigenvalue weighted by atomic mass is 10.1. The first-order valence-corrected chi connectivity index (χ1v) is 7.19. The molecule has 2 aliphatic rings. The number of hydrogen-bond acceptors (Lipinski definition) is 4. The molecular formula is C15H22N2O2. The number of rotatable bonds is 3. The molecular weight excluding hydrogens is 240 g/mol. The Labute approximate surface area is 114 Å². The van der Waals surface area contributed by atoms with Crippen LogP contribution in [0.15, 0.2) is 18.2 Å². The minimum atomic E-state index is 0.529. The SMILES string of the molecule is CCC1COCCN1Cc1cccc2c1OCCN2. The number of nitrogens with one attached hydrogen (secondary N) is 1. The molecule has 0 spiro atoms. The fraction of sp³-hybridized carbons (Fsp3) is 0.600. The van der Waals surface area contributed by atoms with Crippen LogP contribution in [0.4, 0.5) is 5.69 Å². The highest BCUT2D eigenvalue weighted by Gasteiger charge is 2.23. The number of morpholine rings is 1. The molecule has 1 aromatic carbocycles. The van der Waals surface area contributed by atoms with Gasteiger partial charge in [-0.1, -0.05) is 19.1 Å². The monoisotopic (exact) mass is 262 g/mol. The molecule has 1 fully saturated rings. The van der Waals surface area contributed by atoms with Gasteiger partial charge in [0.1, 0.15) is 12.4 Å². The van der Waals surface area contributed by atoms with E-state index < -0.39 is 0 Å². The Bertz CT molecular complexity index is 436. The van der Waals surface area contributed by atoms with E-state index >= 15 is 0 Å².